The molecular formula is C8H19ClN2O2S. The highest BCUT2D eigenvalue weighted by molar-refractivity contribution is 7.90. The van der Waals surface area contributed by atoms with Crippen molar-refractivity contribution in [2.75, 3.05) is 18.6 Å². The summed E-state index contributed by atoms with van der Waals surface area (Å²) in [6.45, 7) is 0.912. The van der Waals surface area contributed by atoms with Crippen LogP contribution in [0.1, 0.15) is 19.3 Å². The highest BCUT2D eigenvalue weighted by Gasteiger charge is 2.19. The topological polar surface area (TPSA) is 72.2 Å². The molecule has 1 rings (SSSR count). The molecule has 0 radical (unpaired) electrons. The van der Waals surface area contributed by atoms with Gasteiger partial charge in [0.15, 0.2) is 0 Å². The Hall–Kier alpha value is 0.160. The van der Waals surface area contributed by atoms with Crippen LogP contribution < -0.4 is 11.1 Å². The summed E-state index contributed by atoms with van der Waals surface area (Å²) >= 11 is 0. The third kappa shape index (κ3) is 5.80. The van der Waals surface area contributed by atoms with Crippen molar-refractivity contribution in [2.45, 2.75) is 31.3 Å². The quantitative estimate of drug-likeness (QED) is 0.727. The zero-order chi connectivity index (χ0) is 9.90. The van der Waals surface area contributed by atoms with Crippen molar-refractivity contribution in [2.24, 2.45) is 5.73 Å². The molecule has 0 aromatic carbocycles. The fourth-order valence-electron chi connectivity index (χ4n) is 1.62. The predicted octanol–water partition coefficient (Wildman–Crippen LogP) is -0.0778. The Balaban J connectivity index is 0.00000169. The minimum atomic E-state index is -2.82. The largest absolute Gasteiger partial charge is 0.328 e. The van der Waals surface area contributed by atoms with E-state index < -0.39 is 9.84 Å². The predicted molar refractivity (Wildman–Crippen MR) is 60.6 cm³/mol. The molecular weight excluding hydrogens is 224 g/mol. The van der Waals surface area contributed by atoms with Crippen LogP contribution in [-0.2, 0) is 9.84 Å². The first-order valence-corrected chi connectivity index (χ1v) is 6.70. The number of nitrogens with two attached hydrogens (primary N) is 1. The first-order valence-electron chi connectivity index (χ1n) is 4.64. The summed E-state index contributed by atoms with van der Waals surface area (Å²) in [6, 6.07) is 0.532. The number of hydrogen-bond acceptors (Lipinski definition) is 4. The molecule has 86 valence electrons. The molecule has 0 aromatic rings. The number of hydrogen-bond donors (Lipinski definition) is 2. The first-order chi connectivity index (χ1) is 5.97. The lowest BCUT2D eigenvalue weighted by atomic mass is 9.99. The number of halogens is 1. The standard InChI is InChI=1S/C8H18N2O2S.ClH/c1-13(11,12)5-3-8-6-7(9)2-4-10-8;/h7-8,10H,2-6,9H2,1H3;1H. The lowest BCUT2D eigenvalue weighted by molar-refractivity contribution is 0.355. The molecule has 0 bridgehead atoms. The van der Waals surface area contributed by atoms with Crippen molar-refractivity contribution in [1.82, 2.24) is 5.32 Å². The van der Waals surface area contributed by atoms with Gasteiger partial charge in [0.05, 0.1) is 5.75 Å². The fourth-order valence-corrected chi connectivity index (χ4v) is 2.33. The molecule has 1 fully saturated rings. The van der Waals surface area contributed by atoms with Crippen LogP contribution >= 0.6 is 12.4 Å². The Morgan fingerprint density at radius 3 is 2.64 bits per heavy atom. The van der Waals surface area contributed by atoms with E-state index in [0.717, 1.165) is 19.4 Å². The summed E-state index contributed by atoms with van der Waals surface area (Å²) in [5, 5.41) is 3.28. The van der Waals surface area contributed by atoms with Crippen LogP contribution in [0, 0.1) is 0 Å². The van der Waals surface area contributed by atoms with E-state index in [4.69, 9.17) is 5.73 Å². The molecule has 1 aliphatic rings. The van der Waals surface area contributed by atoms with Gasteiger partial charge >= 0.3 is 0 Å². The van der Waals surface area contributed by atoms with Gasteiger partial charge in [-0.05, 0) is 25.8 Å². The second-order valence-electron chi connectivity index (χ2n) is 3.85. The summed E-state index contributed by atoms with van der Waals surface area (Å²) < 4.78 is 21.8. The van der Waals surface area contributed by atoms with Crippen molar-refractivity contribution in [3.8, 4) is 0 Å². The van der Waals surface area contributed by atoms with Gasteiger partial charge in [-0.15, -0.1) is 12.4 Å². The average molecular weight is 243 g/mol. The van der Waals surface area contributed by atoms with Crippen molar-refractivity contribution >= 4 is 22.2 Å². The van der Waals surface area contributed by atoms with Gasteiger partial charge in [-0.25, -0.2) is 8.42 Å². The summed E-state index contributed by atoms with van der Waals surface area (Å²) in [6.07, 6.45) is 3.85. The minimum Gasteiger partial charge on any atom is -0.328 e. The monoisotopic (exact) mass is 242 g/mol. The maximum Gasteiger partial charge on any atom is 0.147 e. The molecule has 0 saturated carbocycles. The molecule has 2 unspecified atom stereocenters. The highest BCUT2D eigenvalue weighted by Crippen LogP contribution is 2.10. The Bertz CT molecular complexity index is 256. The smallest absolute Gasteiger partial charge is 0.147 e. The maximum absolute atomic E-state index is 10.9. The molecule has 3 N–H and O–H groups in total. The summed E-state index contributed by atoms with van der Waals surface area (Å²) in [7, 11) is -2.82. The average Bonchev–Trinajstić information content (AvgIpc) is 2.00. The lowest BCUT2D eigenvalue weighted by Gasteiger charge is -2.27. The van der Waals surface area contributed by atoms with Crippen molar-refractivity contribution in [3.05, 3.63) is 0 Å². The number of rotatable bonds is 3. The van der Waals surface area contributed by atoms with Crippen LogP contribution in [0.5, 0.6) is 0 Å². The third-order valence-electron chi connectivity index (χ3n) is 2.37. The van der Waals surface area contributed by atoms with E-state index in [2.05, 4.69) is 5.32 Å². The van der Waals surface area contributed by atoms with Gasteiger partial charge < -0.3 is 11.1 Å². The van der Waals surface area contributed by atoms with E-state index in [-0.39, 0.29) is 24.2 Å². The first kappa shape index (κ1) is 14.2. The second-order valence-corrected chi connectivity index (χ2v) is 6.11. The Kier molecular flexibility index (Phi) is 5.97. The van der Waals surface area contributed by atoms with Gasteiger partial charge in [0.25, 0.3) is 0 Å². The fraction of sp³-hybridized carbons (Fsp3) is 1.00. The molecule has 0 spiro atoms. The third-order valence-corrected chi connectivity index (χ3v) is 3.35. The van der Waals surface area contributed by atoms with Gasteiger partial charge in [-0.3, -0.25) is 0 Å². The van der Waals surface area contributed by atoms with E-state index in [1.807, 2.05) is 0 Å². The normalized spacial score (nSPS) is 28.1. The molecule has 0 amide bonds. The minimum absolute atomic E-state index is 0. The van der Waals surface area contributed by atoms with Crippen LogP contribution in [-0.4, -0.2) is 39.1 Å². The van der Waals surface area contributed by atoms with Crippen molar-refractivity contribution in [1.29, 1.82) is 0 Å². The molecule has 4 nitrogen and oxygen atoms in total. The summed E-state index contributed by atoms with van der Waals surface area (Å²) in [5.74, 6) is 0.261. The zero-order valence-electron chi connectivity index (χ0n) is 8.40. The maximum atomic E-state index is 10.9. The van der Waals surface area contributed by atoms with Gasteiger partial charge in [0.1, 0.15) is 9.84 Å². The molecule has 14 heavy (non-hydrogen) atoms. The second kappa shape index (κ2) is 5.90. The van der Waals surface area contributed by atoms with Gasteiger partial charge in [0, 0.05) is 18.3 Å². The number of sulfone groups is 1. The lowest BCUT2D eigenvalue weighted by Crippen LogP contribution is -2.44. The van der Waals surface area contributed by atoms with Gasteiger partial charge in [-0.2, -0.15) is 0 Å². The van der Waals surface area contributed by atoms with Gasteiger partial charge in [0.2, 0.25) is 0 Å². The molecule has 1 heterocycles. The Morgan fingerprint density at radius 2 is 2.14 bits per heavy atom. The van der Waals surface area contributed by atoms with Crippen molar-refractivity contribution < 1.29 is 8.42 Å². The zero-order valence-corrected chi connectivity index (χ0v) is 10.0. The van der Waals surface area contributed by atoms with Crippen LogP contribution in [0.15, 0.2) is 0 Å². The summed E-state index contributed by atoms with van der Waals surface area (Å²) in [4.78, 5) is 0. The SMILES string of the molecule is CS(=O)(=O)CCC1CC(N)CCN1.Cl. The van der Waals surface area contributed by atoms with Crippen LogP contribution in [0.3, 0.4) is 0 Å². The van der Waals surface area contributed by atoms with Crippen LogP contribution in [0.4, 0.5) is 0 Å². The highest BCUT2D eigenvalue weighted by atomic mass is 35.5. The van der Waals surface area contributed by atoms with Gasteiger partial charge in [-0.1, -0.05) is 0 Å². The van der Waals surface area contributed by atoms with E-state index in [0.29, 0.717) is 12.5 Å². The number of piperidine rings is 1. The van der Waals surface area contributed by atoms with Crippen LogP contribution in [0.2, 0.25) is 0 Å². The van der Waals surface area contributed by atoms with E-state index in [1.165, 1.54) is 6.26 Å². The Labute approximate surface area is 92.0 Å². The summed E-state index contributed by atoms with van der Waals surface area (Å²) in [5.41, 5.74) is 5.78. The molecule has 1 saturated heterocycles. The van der Waals surface area contributed by atoms with E-state index in [1.54, 1.807) is 0 Å². The molecule has 2 atom stereocenters. The Morgan fingerprint density at radius 1 is 1.50 bits per heavy atom. The molecule has 6 heteroatoms. The van der Waals surface area contributed by atoms with Crippen LogP contribution in [0.25, 0.3) is 0 Å². The van der Waals surface area contributed by atoms with Crippen molar-refractivity contribution in [3.63, 3.8) is 0 Å². The van der Waals surface area contributed by atoms with E-state index >= 15 is 0 Å². The molecule has 0 aliphatic carbocycles. The molecule has 0 aromatic heterocycles. The van der Waals surface area contributed by atoms with E-state index in [9.17, 15) is 8.42 Å². The number of nitrogens with one attached hydrogen (secondary N) is 1. The molecule has 1 aliphatic heterocycles.